The average molecular weight is 708 g/mol. The number of fused-ring (bicyclic) bond motifs is 1. The predicted molar refractivity (Wildman–Crippen MR) is 198 cm³/mol. The number of aromatic amines is 1. The Morgan fingerprint density at radius 2 is 1.65 bits per heavy atom. The number of hydrogen-bond donors (Lipinski definition) is 3. The van der Waals surface area contributed by atoms with Crippen molar-refractivity contribution >= 4 is 28.7 Å². The molecule has 280 valence electrons. The van der Waals surface area contributed by atoms with E-state index in [1.165, 1.54) is 0 Å². The van der Waals surface area contributed by atoms with Gasteiger partial charge < -0.3 is 39.4 Å². The molecule has 51 heavy (non-hydrogen) atoms. The van der Waals surface area contributed by atoms with Crippen LogP contribution in [0.25, 0.3) is 10.9 Å². The molecule has 0 spiro atoms. The van der Waals surface area contributed by atoms with Gasteiger partial charge in [0.15, 0.2) is 6.29 Å². The van der Waals surface area contributed by atoms with Crippen LogP contribution in [0.3, 0.4) is 0 Å². The summed E-state index contributed by atoms with van der Waals surface area (Å²) < 4.78 is 16.7. The van der Waals surface area contributed by atoms with Gasteiger partial charge in [-0.2, -0.15) is 0 Å². The molecule has 1 aliphatic heterocycles. The highest BCUT2D eigenvalue weighted by Crippen LogP contribution is 2.27. The molecule has 1 saturated heterocycles. The molecule has 2 atom stereocenters. The third-order valence-electron chi connectivity index (χ3n) is 9.35. The molecule has 2 unspecified atom stereocenters. The lowest BCUT2D eigenvalue weighted by Crippen LogP contribution is -2.49. The molecule has 2 heterocycles. The Bertz CT molecular complexity index is 1520. The number of esters is 1. The number of aromatic nitrogens is 1. The number of benzene rings is 2. The summed E-state index contributed by atoms with van der Waals surface area (Å²) in [6.45, 7) is 13.2. The Balaban J connectivity index is 1.12. The SMILES string of the molecule is CCCN(CCC)C(=O)C(CCC(=O)OCCCN1CCN(CCOC(O)Cc2c(C)[nH]c3ccc(OC)cc23)CC1)NC(=O)c1ccccc1. The van der Waals surface area contributed by atoms with E-state index < -0.39 is 12.3 Å². The molecule has 0 radical (unpaired) electrons. The highest BCUT2D eigenvalue weighted by molar-refractivity contribution is 5.97. The fourth-order valence-electron chi connectivity index (χ4n) is 6.53. The molecule has 1 fully saturated rings. The number of methoxy groups -OCH3 is 1. The number of nitrogens with zero attached hydrogens (tertiary/aromatic N) is 3. The van der Waals surface area contributed by atoms with Crippen molar-refractivity contribution in [2.45, 2.75) is 71.6 Å². The monoisotopic (exact) mass is 707 g/mol. The number of nitrogens with one attached hydrogen (secondary N) is 2. The summed E-state index contributed by atoms with van der Waals surface area (Å²) in [7, 11) is 1.65. The molecular formula is C39H57N5O7. The molecular weight excluding hydrogens is 650 g/mol. The number of amides is 2. The number of ether oxygens (including phenoxy) is 3. The predicted octanol–water partition coefficient (Wildman–Crippen LogP) is 4.14. The Morgan fingerprint density at radius 3 is 2.31 bits per heavy atom. The molecule has 1 aromatic heterocycles. The molecule has 12 nitrogen and oxygen atoms in total. The summed E-state index contributed by atoms with van der Waals surface area (Å²) in [5, 5.41) is 14.5. The fraction of sp³-hybridized carbons (Fsp3) is 0.564. The minimum Gasteiger partial charge on any atom is -0.497 e. The second kappa shape index (κ2) is 20.8. The number of piperazine rings is 1. The van der Waals surface area contributed by atoms with E-state index in [4.69, 9.17) is 14.2 Å². The minimum absolute atomic E-state index is 0.0448. The van der Waals surface area contributed by atoms with Crippen LogP contribution in [0.4, 0.5) is 0 Å². The largest absolute Gasteiger partial charge is 0.497 e. The van der Waals surface area contributed by atoms with Gasteiger partial charge in [-0.1, -0.05) is 32.0 Å². The lowest BCUT2D eigenvalue weighted by Gasteiger charge is -2.34. The molecule has 2 amide bonds. The fourth-order valence-corrected chi connectivity index (χ4v) is 6.53. The zero-order chi connectivity index (χ0) is 36.6. The summed E-state index contributed by atoms with van der Waals surface area (Å²) >= 11 is 0. The van der Waals surface area contributed by atoms with Gasteiger partial charge in [0.2, 0.25) is 5.91 Å². The number of aryl methyl sites for hydroxylation is 1. The van der Waals surface area contributed by atoms with Gasteiger partial charge in [-0.25, -0.2) is 0 Å². The van der Waals surface area contributed by atoms with E-state index in [0.717, 1.165) is 80.0 Å². The summed E-state index contributed by atoms with van der Waals surface area (Å²) in [5.74, 6) is -0.0930. The van der Waals surface area contributed by atoms with Crippen molar-refractivity contribution < 1.29 is 33.7 Å². The number of H-pyrrole nitrogens is 1. The number of hydrogen-bond acceptors (Lipinski definition) is 9. The molecule has 4 rings (SSSR count). The molecule has 1 aliphatic rings. The number of carbonyl (C=O) groups is 3. The van der Waals surface area contributed by atoms with Gasteiger partial charge in [0.05, 0.1) is 20.3 Å². The van der Waals surface area contributed by atoms with Gasteiger partial charge in [-0.3, -0.25) is 19.3 Å². The highest BCUT2D eigenvalue weighted by Gasteiger charge is 2.27. The molecule has 0 saturated carbocycles. The third kappa shape index (κ3) is 12.3. The van der Waals surface area contributed by atoms with E-state index in [1.807, 2.05) is 45.0 Å². The van der Waals surface area contributed by atoms with E-state index in [2.05, 4.69) is 20.1 Å². The Labute approximate surface area is 302 Å². The van der Waals surface area contributed by atoms with E-state index in [1.54, 1.807) is 36.3 Å². The van der Waals surface area contributed by atoms with Crippen LogP contribution in [0.15, 0.2) is 48.5 Å². The van der Waals surface area contributed by atoms with Crippen molar-refractivity contribution in [2.24, 2.45) is 0 Å². The van der Waals surface area contributed by atoms with Gasteiger partial charge in [-0.05, 0) is 68.5 Å². The van der Waals surface area contributed by atoms with E-state index in [-0.39, 0.29) is 30.6 Å². The third-order valence-corrected chi connectivity index (χ3v) is 9.35. The first kappa shape index (κ1) is 39.8. The van der Waals surface area contributed by atoms with Crippen LogP contribution in [-0.2, 0) is 25.5 Å². The van der Waals surface area contributed by atoms with Crippen molar-refractivity contribution in [3.8, 4) is 5.75 Å². The van der Waals surface area contributed by atoms with Gasteiger partial charge >= 0.3 is 5.97 Å². The molecule has 0 bridgehead atoms. The molecule has 0 aliphatic carbocycles. The normalized spacial score (nSPS) is 15.0. The van der Waals surface area contributed by atoms with Crippen molar-refractivity contribution in [2.75, 3.05) is 72.7 Å². The summed E-state index contributed by atoms with van der Waals surface area (Å²) in [5.41, 5.74) is 3.52. The van der Waals surface area contributed by atoms with Crippen molar-refractivity contribution in [1.29, 1.82) is 0 Å². The smallest absolute Gasteiger partial charge is 0.305 e. The van der Waals surface area contributed by atoms with E-state index in [0.29, 0.717) is 44.7 Å². The van der Waals surface area contributed by atoms with Gasteiger partial charge in [0.1, 0.15) is 11.8 Å². The Morgan fingerprint density at radius 1 is 0.961 bits per heavy atom. The van der Waals surface area contributed by atoms with Crippen LogP contribution in [0.5, 0.6) is 5.75 Å². The lowest BCUT2D eigenvalue weighted by molar-refractivity contribution is -0.144. The quantitative estimate of drug-likeness (QED) is 0.0848. The minimum atomic E-state index is -0.894. The maximum absolute atomic E-state index is 13.4. The first-order valence-corrected chi connectivity index (χ1v) is 18.4. The zero-order valence-electron chi connectivity index (χ0n) is 30.8. The summed E-state index contributed by atoms with van der Waals surface area (Å²) in [4.78, 5) is 48.8. The lowest BCUT2D eigenvalue weighted by atomic mass is 10.1. The van der Waals surface area contributed by atoms with E-state index >= 15 is 0 Å². The topological polar surface area (TPSA) is 137 Å². The maximum atomic E-state index is 13.4. The van der Waals surface area contributed by atoms with Crippen LogP contribution in [-0.4, -0.2) is 128 Å². The zero-order valence-corrected chi connectivity index (χ0v) is 30.8. The summed E-state index contributed by atoms with van der Waals surface area (Å²) in [6.07, 6.45) is 2.07. The molecule has 12 heteroatoms. The van der Waals surface area contributed by atoms with Gasteiger partial charge in [-0.15, -0.1) is 0 Å². The average Bonchev–Trinajstić information content (AvgIpc) is 3.45. The Hall–Kier alpha value is -3.97. The van der Waals surface area contributed by atoms with Gasteiger partial charge in [0.25, 0.3) is 5.91 Å². The molecule has 2 aromatic carbocycles. The Kier molecular flexibility index (Phi) is 16.2. The number of carbonyl (C=O) groups excluding carboxylic acids is 3. The first-order valence-electron chi connectivity index (χ1n) is 18.4. The van der Waals surface area contributed by atoms with Crippen LogP contribution in [0, 0.1) is 6.92 Å². The van der Waals surface area contributed by atoms with Crippen LogP contribution < -0.4 is 10.1 Å². The van der Waals surface area contributed by atoms with Gasteiger partial charge in [0, 0.05) is 87.4 Å². The summed E-state index contributed by atoms with van der Waals surface area (Å²) in [6, 6.07) is 13.9. The number of aliphatic hydroxyl groups excluding tert-OH is 1. The van der Waals surface area contributed by atoms with E-state index in [9.17, 15) is 19.5 Å². The van der Waals surface area contributed by atoms with Crippen molar-refractivity contribution in [3.05, 3.63) is 65.4 Å². The highest BCUT2D eigenvalue weighted by atomic mass is 16.6. The second-order valence-electron chi connectivity index (χ2n) is 13.2. The first-order chi connectivity index (χ1) is 24.7. The van der Waals surface area contributed by atoms with Crippen molar-refractivity contribution in [1.82, 2.24) is 25.0 Å². The van der Waals surface area contributed by atoms with Crippen LogP contribution >= 0.6 is 0 Å². The van der Waals surface area contributed by atoms with Crippen LogP contribution in [0.2, 0.25) is 0 Å². The number of rotatable bonds is 21. The molecule has 3 aromatic rings. The second-order valence-corrected chi connectivity index (χ2v) is 13.2. The molecule has 3 N–H and O–H groups in total. The maximum Gasteiger partial charge on any atom is 0.305 e. The van der Waals surface area contributed by atoms with Crippen LogP contribution in [0.1, 0.15) is 67.6 Å². The number of aliphatic hydroxyl groups is 1. The van der Waals surface area contributed by atoms with Crippen molar-refractivity contribution in [3.63, 3.8) is 0 Å². The standard InChI is InChI=1S/C39H57N5O7/c1-5-17-44(18-6-2)39(48)35(41-38(47)30-11-8-7-9-12-30)15-16-36(45)50-25-10-19-42-20-22-43(23-21-42)24-26-51-37(46)28-32-29(3)40-34-14-13-31(49-4)27-33(32)34/h7-9,11-14,27,35,37,40,46H,5-6,10,15-26,28H2,1-4H3,(H,41,47).